The minimum atomic E-state index is -4.52. The lowest BCUT2D eigenvalue weighted by Gasteiger charge is -2.14. The number of furan rings is 1. The molecule has 9 heteroatoms. The second-order valence-electron chi connectivity index (χ2n) is 5.14. The highest BCUT2D eigenvalue weighted by Crippen LogP contribution is 2.28. The van der Waals surface area contributed by atoms with Crippen molar-refractivity contribution in [1.82, 2.24) is 0 Å². The molecule has 1 amide bonds. The standard InChI is InChI=1S/C16H14F3NO5/c1-9-7-24-12(6-13(21)22)14(9)15(23)20-10-4-2-3-5-11(10)25-8-16(17,18)19/h2-5,7H,6,8H2,1H3,(H,20,23)(H,21,22). The Hall–Kier alpha value is -2.97. The van der Waals surface area contributed by atoms with E-state index >= 15 is 0 Å². The fraction of sp³-hybridized carbons (Fsp3) is 0.250. The number of carbonyl (C=O) groups excluding carboxylic acids is 1. The average molecular weight is 357 g/mol. The summed E-state index contributed by atoms with van der Waals surface area (Å²) in [6.07, 6.45) is -3.78. The van der Waals surface area contributed by atoms with E-state index in [-0.39, 0.29) is 22.8 Å². The molecule has 2 N–H and O–H groups in total. The molecular weight excluding hydrogens is 343 g/mol. The molecular formula is C16H14F3NO5. The number of anilines is 1. The summed E-state index contributed by atoms with van der Waals surface area (Å²) < 4.78 is 46.7. The van der Waals surface area contributed by atoms with Crippen LogP contribution in [0, 0.1) is 6.92 Å². The summed E-state index contributed by atoms with van der Waals surface area (Å²) in [5.41, 5.74) is 0.453. The summed E-state index contributed by atoms with van der Waals surface area (Å²) in [5, 5.41) is 11.3. The van der Waals surface area contributed by atoms with Crippen molar-refractivity contribution in [3.8, 4) is 5.75 Å². The van der Waals surface area contributed by atoms with Crippen molar-refractivity contribution in [2.75, 3.05) is 11.9 Å². The highest BCUT2D eigenvalue weighted by Gasteiger charge is 2.29. The molecule has 0 saturated heterocycles. The van der Waals surface area contributed by atoms with Gasteiger partial charge >= 0.3 is 12.1 Å². The third-order valence-electron chi connectivity index (χ3n) is 3.12. The number of carboxylic acids is 1. The molecule has 1 aromatic heterocycles. The van der Waals surface area contributed by atoms with Crippen molar-refractivity contribution in [1.29, 1.82) is 0 Å². The van der Waals surface area contributed by atoms with E-state index in [1.807, 2.05) is 0 Å². The zero-order valence-corrected chi connectivity index (χ0v) is 13.0. The van der Waals surface area contributed by atoms with Gasteiger partial charge in [-0.25, -0.2) is 0 Å². The number of benzene rings is 1. The van der Waals surface area contributed by atoms with Crippen LogP contribution >= 0.6 is 0 Å². The maximum atomic E-state index is 12.4. The van der Waals surface area contributed by atoms with Gasteiger partial charge in [0.25, 0.3) is 5.91 Å². The van der Waals surface area contributed by atoms with E-state index in [0.717, 1.165) is 0 Å². The first-order chi connectivity index (χ1) is 11.7. The number of aliphatic carboxylic acids is 1. The lowest BCUT2D eigenvalue weighted by atomic mass is 10.1. The number of halogens is 3. The summed E-state index contributed by atoms with van der Waals surface area (Å²) in [7, 11) is 0. The van der Waals surface area contributed by atoms with Crippen molar-refractivity contribution in [3.63, 3.8) is 0 Å². The molecule has 0 fully saturated rings. The van der Waals surface area contributed by atoms with Crippen LogP contribution in [0.25, 0.3) is 0 Å². The molecule has 25 heavy (non-hydrogen) atoms. The number of rotatable bonds is 6. The average Bonchev–Trinajstić information content (AvgIpc) is 2.85. The lowest BCUT2D eigenvalue weighted by molar-refractivity contribution is -0.153. The monoisotopic (exact) mass is 357 g/mol. The molecule has 0 bridgehead atoms. The van der Waals surface area contributed by atoms with Crippen molar-refractivity contribution in [2.45, 2.75) is 19.5 Å². The van der Waals surface area contributed by atoms with Gasteiger partial charge < -0.3 is 19.6 Å². The van der Waals surface area contributed by atoms with E-state index in [1.165, 1.54) is 30.5 Å². The van der Waals surface area contributed by atoms with E-state index in [2.05, 4.69) is 10.1 Å². The van der Waals surface area contributed by atoms with Gasteiger partial charge in [0.2, 0.25) is 0 Å². The summed E-state index contributed by atoms with van der Waals surface area (Å²) in [6.45, 7) is 0.0463. The molecule has 0 radical (unpaired) electrons. The summed E-state index contributed by atoms with van der Waals surface area (Å²) in [6, 6.07) is 5.62. The number of carboxylic acid groups (broad SMARTS) is 1. The first-order valence-electron chi connectivity index (χ1n) is 7.06. The normalized spacial score (nSPS) is 11.2. The minimum Gasteiger partial charge on any atom is -0.482 e. The lowest BCUT2D eigenvalue weighted by Crippen LogP contribution is -2.21. The van der Waals surface area contributed by atoms with Gasteiger partial charge in [-0.2, -0.15) is 13.2 Å². The summed E-state index contributed by atoms with van der Waals surface area (Å²) >= 11 is 0. The number of alkyl halides is 3. The molecule has 0 unspecified atom stereocenters. The Bertz CT molecular complexity index is 782. The van der Waals surface area contributed by atoms with Gasteiger partial charge in [-0.1, -0.05) is 12.1 Å². The van der Waals surface area contributed by atoms with E-state index in [0.29, 0.717) is 5.56 Å². The molecule has 2 rings (SSSR count). The molecule has 0 aliphatic heterocycles. The highest BCUT2D eigenvalue weighted by atomic mass is 19.4. The predicted molar refractivity (Wildman–Crippen MR) is 80.7 cm³/mol. The SMILES string of the molecule is Cc1coc(CC(=O)O)c1C(=O)Nc1ccccc1OCC(F)(F)F. The van der Waals surface area contributed by atoms with E-state index in [4.69, 9.17) is 9.52 Å². The van der Waals surface area contributed by atoms with E-state index < -0.39 is 31.1 Å². The van der Waals surface area contributed by atoms with Crippen LogP contribution in [-0.4, -0.2) is 29.8 Å². The third kappa shape index (κ3) is 5.00. The minimum absolute atomic E-state index is 0.0213. The van der Waals surface area contributed by atoms with Crippen molar-refractivity contribution in [3.05, 3.63) is 47.4 Å². The largest absolute Gasteiger partial charge is 0.482 e. The topological polar surface area (TPSA) is 88.8 Å². The smallest absolute Gasteiger partial charge is 0.422 e. The van der Waals surface area contributed by atoms with Gasteiger partial charge in [0.1, 0.15) is 17.9 Å². The van der Waals surface area contributed by atoms with E-state index in [9.17, 15) is 22.8 Å². The van der Waals surface area contributed by atoms with Gasteiger partial charge in [-0.3, -0.25) is 9.59 Å². The molecule has 0 spiro atoms. The van der Waals surface area contributed by atoms with Crippen LogP contribution in [0.5, 0.6) is 5.75 Å². The number of hydrogen-bond acceptors (Lipinski definition) is 4. The van der Waals surface area contributed by atoms with E-state index in [1.54, 1.807) is 6.92 Å². The molecule has 1 heterocycles. The van der Waals surface area contributed by atoms with Crippen molar-refractivity contribution >= 4 is 17.6 Å². The number of ether oxygens (including phenoxy) is 1. The quantitative estimate of drug-likeness (QED) is 0.827. The fourth-order valence-corrected chi connectivity index (χ4v) is 2.11. The Morgan fingerprint density at radius 3 is 2.60 bits per heavy atom. The maximum absolute atomic E-state index is 12.4. The molecule has 0 atom stereocenters. The zero-order valence-electron chi connectivity index (χ0n) is 13.0. The first-order valence-corrected chi connectivity index (χ1v) is 7.06. The highest BCUT2D eigenvalue weighted by molar-refractivity contribution is 6.07. The van der Waals surface area contributed by atoms with Crippen molar-refractivity contribution < 1.29 is 37.0 Å². The molecule has 0 aliphatic rings. The number of amides is 1. The van der Waals surface area contributed by atoms with Crippen LogP contribution in [0.2, 0.25) is 0 Å². The van der Waals surface area contributed by atoms with Gasteiger partial charge in [0.05, 0.1) is 17.5 Å². The molecule has 6 nitrogen and oxygen atoms in total. The van der Waals surface area contributed by atoms with Crippen LogP contribution in [0.15, 0.2) is 34.9 Å². The Morgan fingerprint density at radius 1 is 1.28 bits per heavy atom. The van der Waals surface area contributed by atoms with Crippen molar-refractivity contribution in [2.24, 2.45) is 0 Å². The summed E-state index contributed by atoms with van der Waals surface area (Å²) in [5.74, 6) is -2.09. The zero-order chi connectivity index (χ0) is 18.6. The third-order valence-corrected chi connectivity index (χ3v) is 3.12. The van der Waals surface area contributed by atoms with Crippen LogP contribution in [0.3, 0.4) is 0 Å². The molecule has 0 aliphatic carbocycles. The molecule has 2 aromatic rings. The van der Waals surface area contributed by atoms with Crippen LogP contribution in [0.1, 0.15) is 21.7 Å². The first kappa shape index (κ1) is 18.4. The second-order valence-corrected chi connectivity index (χ2v) is 5.14. The van der Waals surface area contributed by atoms with Gasteiger partial charge in [0, 0.05) is 5.56 Å². The molecule has 0 saturated carbocycles. The Morgan fingerprint density at radius 2 is 1.96 bits per heavy atom. The summed E-state index contributed by atoms with van der Waals surface area (Å²) in [4.78, 5) is 23.2. The van der Waals surface area contributed by atoms with Crippen LogP contribution in [-0.2, 0) is 11.2 Å². The number of hydrogen-bond donors (Lipinski definition) is 2. The number of para-hydroxylation sites is 2. The number of carbonyl (C=O) groups is 2. The van der Waals surface area contributed by atoms with Crippen LogP contribution in [0.4, 0.5) is 18.9 Å². The van der Waals surface area contributed by atoms with Gasteiger partial charge in [0.15, 0.2) is 6.61 Å². The Kier molecular flexibility index (Phi) is 5.35. The molecule has 134 valence electrons. The fourth-order valence-electron chi connectivity index (χ4n) is 2.11. The second kappa shape index (κ2) is 7.29. The maximum Gasteiger partial charge on any atom is 0.422 e. The predicted octanol–water partition coefficient (Wildman–Crippen LogP) is 3.41. The molecule has 1 aromatic carbocycles. The Labute approximate surface area is 140 Å². The van der Waals surface area contributed by atoms with Gasteiger partial charge in [-0.15, -0.1) is 0 Å². The number of aryl methyl sites for hydroxylation is 1. The Balaban J connectivity index is 2.22. The van der Waals surface area contributed by atoms with Crippen LogP contribution < -0.4 is 10.1 Å². The number of nitrogens with one attached hydrogen (secondary N) is 1. The van der Waals surface area contributed by atoms with Gasteiger partial charge in [-0.05, 0) is 19.1 Å².